The number of nitrogens with one attached hydrogen (secondary N) is 1. The molecule has 0 bridgehead atoms. The summed E-state index contributed by atoms with van der Waals surface area (Å²) in [5.41, 5.74) is -2.96. The van der Waals surface area contributed by atoms with Crippen molar-refractivity contribution < 1.29 is 27.5 Å². The molecule has 1 N–H and O–H groups in total. The molecular formula is C20H26F3N3O3. The number of alkyl halides is 3. The van der Waals surface area contributed by atoms with E-state index in [0.717, 1.165) is 6.07 Å². The van der Waals surface area contributed by atoms with Gasteiger partial charge in [-0.1, -0.05) is 0 Å². The molecule has 2 fully saturated rings. The first kappa shape index (κ1) is 21.4. The fourth-order valence-electron chi connectivity index (χ4n) is 3.97. The Morgan fingerprint density at radius 2 is 1.72 bits per heavy atom. The average Bonchev–Trinajstić information content (AvgIpc) is 3.07. The van der Waals surface area contributed by atoms with Crippen LogP contribution in [-0.4, -0.2) is 40.6 Å². The summed E-state index contributed by atoms with van der Waals surface area (Å²) in [6.07, 6.45) is -3.69. The number of rotatable bonds is 3. The maximum atomic E-state index is 13.3. The first-order valence-electron chi connectivity index (χ1n) is 9.53. The van der Waals surface area contributed by atoms with Gasteiger partial charge in [0.15, 0.2) is 0 Å². The van der Waals surface area contributed by atoms with Crippen LogP contribution in [0.2, 0.25) is 0 Å². The zero-order valence-electron chi connectivity index (χ0n) is 17.1. The fourth-order valence-corrected chi connectivity index (χ4v) is 3.97. The van der Waals surface area contributed by atoms with Gasteiger partial charge in [-0.15, -0.1) is 0 Å². The molecule has 0 spiro atoms. The Morgan fingerprint density at radius 3 is 2.24 bits per heavy atom. The van der Waals surface area contributed by atoms with Crippen LogP contribution in [0.3, 0.4) is 0 Å². The lowest BCUT2D eigenvalue weighted by Gasteiger charge is -2.29. The zero-order valence-corrected chi connectivity index (χ0v) is 17.1. The van der Waals surface area contributed by atoms with E-state index in [1.165, 1.54) is 26.1 Å². The molecule has 0 aromatic carbocycles. The Labute approximate surface area is 167 Å². The number of carbonyl (C=O) groups is 2. The van der Waals surface area contributed by atoms with Gasteiger partial charge >= 0.3 is 12.3 Å². The van der Waals surface area contributed by atoms with Crippen molar-refractivity contribution in [3.63, 3.8) is 0 Å². The van der Waals surface area contributed by atoms with Crippen molar-refractivity contribution in [1.82, 2.24) is 15.2 Å². The summed E-state index contributed by atoms with van der Waals surface area (Å²) >= 11 is 0. The zero-order chi connectivity index (χ0) is 21.8. The van der Waals surface area contributed by atoms with Crippen molar-refractivity contribution in [2.75, 3.05) is 13.1 Å². The van der Waals surface area contributed by atoms with E-state index in [1.54, 1.807) is 25.7 Å². The molecule has 3 rings (SSSR count). The second kappa shape index (κ2) is 6.88. The number of aromatic nitrogens is 1. The summed E-state index contributed by atoms with van der Waals surface area (Å²) in [4.78, 5) is 30.3. The average molecular weight is 413 g/mol. The molecule has 2 amide bonds. The molecule has 9 heteroatoms. The molecule has 1 aliphatic heterocycles. The van der Waals surface area contributed by atoms with Gasteiger partial charge in [0.05, 0.1) is 16.8 Å². The van der Waals surface area contributed by atoms with Crippen molar-refractivity contribution in [1.29, 1.82) is 0 Å². The number of fused-ring (bicyclic) bond motifs is 1. The number of hydrogen-bond donors (Lipinski definition) is 1. The van der Waals surface area contributed by atoms with Crippen LogP contribution in [0.15, 0.2) is 18.3 Å². The van der Waals surface area contributed by atoms with E-state index in [2.05, 4.69) is 10.3 Å². The van der Waals surface area contributed by atoms with Crippen LogP contribution in [0.25, 0.3) is 0 Å². The first-order chi connectivity index (χ1) is 13.2. The van der Waals surface area contributed by atoms with E-state index in [4.69, 9.17) is 4.74 Å². The van der Waals surface area contributed by atoms with Gasteiger partial charge < -0.3 is 15.0 Å². The number of ether oxygens (including phenoxy) is 1. The van der Waals surface area contributed by atoms with Gasteiger partial charge in [-0.25, -0.2) is 4.79 Å². The normalized spacial score (nSPS) is 24.1. The lowest BCUT2D eigenvalue weighted by Crippen LogP contribution is -2.45. The van der Waals surface area contributed by atoms with Gasteiger partial charge in [0, 0.05) is 25.2 Å². The summed E-state index contributed by atoms with van der Waals surface area (Å²) in [5.74, 6) is -0.619. The quantitative estimate of drug-likeness (QED) is 0.823. The highest BCUT2D eigenvalue weighted by molar-refractivity contribution is 5.84. The van der Waals surface area contributed by atoms with E-state index >= 15 is 0 Å². The third-order valence-corrected chi connectivity index (χ3v) is 5.29. The molecule has 6 nitrogen and oxygen atoms in total. The Morgan fingerprint density at radius 1 is 1.14 bits per heavy atom. The second-order valence-electron chi connectivity index (χ2n) is 9.25. The van der Waals surface area contributed by atoms with Gasteiger partial charge in [-0.3, -0.25) is 9.78 Å². The molecule has 2 heterocycles. The number of halogens is 3. The number of hydrogen-bond acceptors (Lipinski definition) is 4. The molecule has 1 aromatic heterocycles. The first-order valence-corrected chi connectivity index (χ1v) is 9.53. The molecule has 1 aromatic rings. The highest BCUT2D eigenvalue weighted by atomic mass is 19.4. The molecule has 1 saturated heterocycles. The van der Waals surface area contributed by atoms with Crippen LogP contribution in [0.1, 0.15) is 45.9 Å². The van der Waals surface area contributed by atoms with E-state index in [0.29, 0.717) is 13.1 Å². The summed E-state index contributed by atoms with van der Waals surface area (Å²) < 4.78 is 45.3. The number of carbonyl (C=O) groups excluding carboxylic acids is 2. The van der Waals surface area contributed by atoms with Crippen LogP contribution in [0.4, 0.5) is 18.0 Å². The van der Waals surface area contributed by atoms with Gasteiger partial charge in [0.2, 0.25) is 5.91 Å². The Bertz CT molecular complexity index is 805. The molecule has 1 saturated carbocycles. The van der Waals surface area contributed by atoms with Crippen molar-refractivity contribution in [2.24, 2.45) is 17.8 Å². The van der Waals surface area contributed by atoms with Crippen LogP contribution in [-0.2, 0) is 21.2 Å². The SMILES string of the molecule is CC(C)(C)OC(=O)N1C[C@@H]2[C@H](C1)[C@H]2C(=O)NC(C)(C)c1ncccc1C(F)(F)F. The van der Waals surface area contributed by atoms with E-state index in [1.807, 2.05) is 0 Å². The molecule has 0 unspecified atom stereocenters. The Hall–Kier alpha value is -2.32. The van der Waals surface area contributed by atoms with Crippen LogP contribution in [0, 0.1) is 17.8 Å². The van der Waals surface area contributed by atoms with E-state index in [9.17, 15) is 22.8 Å². The molecule has 160 valence electrons. The Balaban J connectivity index is 1.63. The van der Waals surface area contributed by atoms with Crippen LogP contribution < -0.4 is 5.32 Å². The van der Waals surface area contributed by atoms with E-state index in [-0.39, 0.29) is 29.4 Å². The molecule has 29 heavy (non-hydrogen) atoms. The standard InChI is InChI=1S/C20H26F3N3O3/c1-18(2,3)29-17(28)26-9-11-12(10-26)14(11)16(27)25-19(4,5)15-13(20(21,22)23)7-6-8-24-15/h6-8,11-12,14H,9-10H2,1-5H3,(H,25,27)/t11-,12+,14+. The summed E-state index contributed by atoms with van der Waals surface area (Å²) in [6, 6.07) is 2.18. The minimum Gasteiger partial charge on any atom is -0.444 e. The van der Waals surface area contributed by atoms with Crippen molar-refractivity contribution in [3.8, 4) is 0 Å². The maximum absolute atomic E-state index is 13.3. The van der Waals surface area contributed by atoms with Crippen LogP contribution >= 0.6 is 0 Å². The number of likely N-dealkylation sites (tertiary alicyclic amines) is 1. The molecule has 1 aliphatic carbocycles. The topological polar surface area (TPSA) is 71.5 Å². The summed E-state index contributed by atoms with van der Waals surface area (Å²) in [6.45, 7) is 9.19. The smallest absolute Gasteiger partial charge is 0.418 e. The lowest BCUT2D eigenvalue weighted by molar-refractivity contribution is -0.139. The minimum atomic E-state index is -4.56. The molecular weight excluding hydrogens is 387 g/mol. The van der Waals surface area contributed by atoms with Crippen molar-refractivity contribution in [2.45, 2.75) is 51.9 Å². The van der Waals surface area contributed by atoms with Crippen molar-refractivity contribution >= 4 is 12.0 Å². The molecule has 3 atom stereocenters. The molecule has 0 radical (unpaired) electrons. The number of piperidine rings is 1. The lowest BCUT2D eigenvalue weighted by atomic mass is 9.94. The largest absolute Gasteiger partial charge is 0.444 e. The minimum absolute atomic E-state index is 0.00383. The van der Waals surface area contributed by atoms with Crippen molar-refractivity contribution in [3.05, 3.63) is 29.6 Å². The summed E-state index contributed by atoms with van der Waals surface area (Å²) in [5, 5.41) is 2.72. The third-order valence-electron chi connectivity index (χ3n) is 5.29. The predicted octanol–water partition coefficient (Wildman–Crippen LogP) is 3.56. The maximum Gasteiger partial charge on any atom is 0.418 e. The third kappa shape index (κ3) is 4.48. The molecule has 2 aliphatic rings. The Kier molecular flexibility index (Phi) is 5.07. The monoisotopic (exact) mass is 413 g/mol. The van der Waals surface area contributed by atoms with Gasteiger partial charge in [-0.05, 0) is 58.6 Å². The van der Waals surface area contributed by atoms with Gasteiger partial charge in [0.25, 0.3) is 0 Å². The highest BCUT2D eigenvalue weighted by Gasteiger charge is 2.61. The second-order valence-corrected chi connectivity index (χ2v) is 9.25. The highest BCUT2D eigenvalue weighted by Crippen LogP contribution is 2.52. The predicted molar refractivity (Wildman–Crippen MR) is 98.7 cm³/mol. The van der Waals surface area contributed by atoms with Gasteiger partial charge in [-0.2, -0.15) is 13.2 Å². The van der Waals surface area contributed by atoms with Crippen LogP contribution in [0.5, 0.6) is 0 Å². The number of nitrogens with zero attached hydrogens (tertiary/aromatic N) is 2. The van der Waals surface area contributed by atoms with Gasteiger partial charge in [0.1, 0.15) is 5.60 Å². The summed E-state index contributed by atoms with van der Waals surface area (Å²) in [7, 11) is 0. The van der Waals surface area contributed by atoms with E-state index < -0.39 is 29.0 Å². The fraction of sp³-hybridized carbons (Fsp3) is 0.650. The number of amides is 2. The number of pyridine rings is 1.